The lowest BCUT2D eigenvalue weighted by molar-refractivity contribution is -0.913. The number of nitro groups is 1. The Hall–Kier alpha value is -2.71. The van der Waals surface area contributed by atoms with Crippen LogP contribution in [0.4, 0.5) is 10.7 Å². The summed E-state index contributed by atoms with van der Waals surface area (Å²) in [6.45, 7) is 5.35. The Morgan fingerprint density at radius 1 is 1.33 bits per heavy atom. The molecular weight excluding hydrogens is 364 g/mol. The summed E-state index contributed by atoms with van der Waals surface area (Å²) >= 11 is 1.69. The first-order valence-corrected chi connectivity index (χ1v) is 9.85. The fourth-order valence-electron chi connectivity index (χ4n) is 3.58. The Bertz CT molecular complexity index is 920. The number of carbonyl (C=O) groups is 1. The number of benzene rings is 1. The maximum absolute atomic E-state index is 12.7. The lowest BCUT2D eigenvalue weighted by atomic mass is 10.0. The SMILES string of the molecule is CC[NH+]1CCc2c(sc3c2C(=O)N[C@@H](/C=C\c2ccc([N+](=O)[O-])cc2)N3)C1. The molecular formula is C19H21N4O3S+. The second-order valence-corrected chi connectivity index (χ2v) is 7.90. The molecule has 0 saturated heterocycles. The van der Waals surface area contributed by atoms with E-state index >= 15 is 0 Å². The largest absolute Gasteiger partial charge is 0.353 e. The van der Waals surface area contributed by atoms with E-state index in [-0.39, 0.29) is 17.8 Å². The summed E-state index contributed by atoms with van der Waals surface area (Å²) in [7, 11) is 0. The molecule has 8 heteroatoms. The number of carbonyl (C=O) groups excluding carboxylic acids is 1. The van der Waals surface area contributed by atoms with Crippen LogP contribution in [0.3, 0.4) is 0 Å². The van der Waals surface area contributed by atoms with Gasteiger partial charge in [0.2, 0.25) is 0 Å². The van der Waals surface area contributed by atoms with E-state index in [1.54, 1.807) is 28.4 Å². The highest BCUT2D eigenvalue weighted by atomic mass is 32.1. The van der Waals surface area contributed by atoms with Gasteiger partial charge in [-0.25, -0.2) is 0 Å². The molecule has 0 aliphatic carbocycles. The molecule has 0 fully saturated rings. The summed E-state index contributed by atoms with van der Waals surface area (Å²) < 4.78 is 0. The number of hydrogen-bond acceptors (Lipinski definition) is 5. The molecule has 0 radical (unpaired) electrons. The number of thiophene rings is 1. The van der Waals surface area contributed by atoms with E-state index in [1.165, 1.54) is 22.6 Å². The number of nitro benzene ring substituents is 1. The number of anilines is 1. The number of rotatable bonds is 4. The number of fused-ring (bicyclic) bond motifs is 3. The first kappa shape index (κ1) is 17.7. The van der Waals surface area contributed by atoms with Crippen molar-refractivity contribution in [2.75, 3.05) is 18.4 Å². The third-order valence-corrected chi connectivity index (χ3v) is 6.28. The molecule has 0 spiro atoms. The van der Waals surface area contributed by atoms with Gasteiger partial charge in [-0.15, -0.1) is 11.3 Å². The summed E-state index contributed by atoms with van der Waals surface area (Å²) in [6, 6.07) is 6.33. The van der Waals surface area contributed by atoms with Crippen molar-refractivity contribution in [3.63, 3.8) is 0 Å². The summed E-state index contributed by atoms with van der Waals surface area (Å²) in [4.78, 5) is 25.8. The Labute approximate surface area is 160 Å². The van der Waals surface area contributed by atoms with Crippen molar-refractivity contribution in [2.45, 2.75) is 26.1 Å². The van der Waals surface area contributed by atoms with Crippen LogP contribution in [0.25, 0.3) is 6.08 Å². The standard InChI is InChI=1S/C19H20N4O3S/c1-2-22-10-9-14-15(11-22)27-19-17(14)18(24)20-16(21-19)8-5-12-3-6-13(7-4-12)23(25)26/h3-8,16,21H,2,9-11H2,1H3,(H,20,24)/p+1/b8-5-/t16-/m1/s1. The maximum atomic E-state index is 12.7. The highest BCUT2D eigenvalue weighted by Crippen LogP contribution is 2.36. The number of nitrogens with one attached hydrogen (secondary N) is 3. The fourth-order valence-corrected chi connectivity index (χ4v) is 4.94. The van der Waals surface area contributed by atoms with Gasteiger partial charge in [0.25, 0.3) is 11.6 Å². The molecule has 0 bridgehead atoms. The molecule has 0 saturated carbocycles. The normalized spacial score (nSPS) is 21.3. The van der Waals surface area contributed by atoms with Crippen LogP contribution in [0.5, 0.6) is 0 Å². The second kappa shape index (κ2) is 7.13. The Morgan fingerprint density at radius 2 is 2.11 bits per heavy atom. The second-order valence-electron chi connectivity index (χ2n) is 6.79. The highest BCUT2D eigenvalue weighted by Gasteiger charge is 2.33. The van der Waals surface area contributed by atoms with Gasteiger partial charge in [-0.2, -0.15) is 0 Å². The van der Waals surface area contributed by atoms with Gasteiger partial charge in [0.05, 0.1) is 28.5 Å². The van der Waals surface area contributed by atoms with E-state index in [0.717, 1.165) is 42.2 Å². The van der Waals surface area contributed by atoms with Gasteiger partial charge in [-0.05, 0) is 36.3 Å². The van der Waals surface area contributed by atoms with Crippen LogP contribution >= 0.6 is 11.3 Å². The third kappa shape index (κ3) is 3.45. The zero-order valence-electron chi connectivity index (χ0n) is 15.0. The molecule has 2 aliphatic rings. The number of quaternary nitrogens is 1. The molecule has 2 aliphatic heterocycles. The molecule has 1 aromatic carbocycles. The maximum Gasteiger partial charge on any atom is 0.269 e. The van der Waals surface area contributed by atoms with Crippen molar-refractivity contribution in [3.05, 3.63) is 62.0 Å². The number of likely N-dealkylation sites (N-methyl/N-ethyl adjacent to an activating group) is 1. The van der Waals surface area contributed by atoms with Crippen LogP contribution in [0.2, 0.25) is 0 Å². The number of nitrogens with zero attached hydrogens (tertiary/aromatic N) is 1. The molecule has 27 heavy (non-hydrogen) atoms. The van der Waals surface area contributed by atoms with Crippen molar-refractivity contribution in [1.82, 2.24) is 5.32 Å². The molecule has 1 amide bonds. The molecule has 3 heterocycles. The van der Waals surface area contributed by atoms with E-state index in [4.69, 9.17) is 0 Å². The van der Waals surface area contributed by atoms with Crippen LogP contribution in [-0.4, -0.2) is 30.1 Å². The minimum absolute atomic E-state index is 0.0282. The molecule has 1 unspecified atom stereocenters. The van der Waals surface area contributed by atoms with Gasteiger partial charge < -0.3 is 15.5 Å². The Kier molecular flexibility index (Phi) is 4.67. The van der Waals surface area contributed by atoms with E-state index in [2.05, 4.69) is 17.6 Å². The predicted molar refractivity (Wildman–Crippen MR) is 105 cm³/mol. The highest BCUT2D eigenvalue weighted by molar-refractivity contribution is 7.16. The lowest BCUT2D eigenvalue weighted by Gasteiger charge is -2.25. The molecule has 140 valence electrons. The zero-order chi connectivity index (χ0) is 19.0. The van der Waals surface area contributed by atoms with Crippen LogP contribution in [0, 0.1) is 10.1 Å². The van der Waals surface area contributed by atoms with E-state index < -0.39 is 4.92 Å². The average molecular weight is 385 g/mol. The minimum Gasteiger partial charge on any atom is -0.353 e. The van der Waals surface area contributed by atoms with Crippen molar-refractivity contribution < 1.29 is 14.6 Å². The van der Waals surface area contributed by atoms with E-state index in [1.807, 2.05) is 12.2 Å². The molecule has 2 atom stereocenters. The van der Waals surface area contributed by atoms with Gasteiger partial charge in [-0.1, -0.05) is 6.08 Å². The summed E-state index contributed by atoms with van der Waals surface area (Å²) in [5, 5.41) is 18.1. The van der Waals surface area contributed by atoms with Crippen LogP contribution in [-0.2, 0) is 13.0 Å². The van der Waals surface area contributed by atoms with Crippen molar-refractivity contribution in [3.8, 4) is 0 Å². The number of amides is 1. The van der Waals surface area contributed by atoms with Crippen LogP contribution < -0.4 is 15.5 Å². The van der Waals surface area contributed by atoms with Gasteiger partial charge in [0.15, 0.2) is 0 Å². The number of non-ortho nitro benzene ring substituents is 1. The monoisotopic (exact) mass is 385 g/mol. The Morgan fingerprint density at radius 3 is 2.81 bits per heavy atom. The molecule has 1 aromatic heterocycles. The molecule has 3 N–H and O–H groups in total. The van der Waals surface area contributed by atoms with Crippen molar-refractivity contribution >= 4 is 34.0 Å². The summed E-state index contributed by atoms with van der Waals surface area (Å²) in [5.74, 6) is -0.0282. The zero-order valence-corrected chi connectivity index (χ0v) is 15.8. The smallest absolute Gasteiger partial charge is 0.269 e. The average Bonchev–Trinajstić information content (AvgIpc) is 3.04. The lowest BCUT2D eigenvalue weighted by Crippen LogP contribution is -3.11. The summed E-state index contributed by atoms with van der Waals surface area (Å²) in [5.41, 5.74) is 2.92. The molecule has 2 aromatic rings. The topological polar surface area (TPSA) is 88.7 Å². The minimum atomic E-state index is -0.419. The number of hydrogen-bond donors (Lipinski definition) is 3. The predicted octanol–water partition coefficient (Wildman–Crippen LogP) is 1.81. The van der Waals surface area contributed by atoms with Gasteiger partial charge >= 0.3 is 0 Å². The van der Waals surface area contributed by atoms with Crippen LogP contribution in [0.1, 0.15) is 33.3 Å². The van der Waals surface area contributed by atoms with E-state index in [9.17, 15) is 14.9 Å². The van der Waals surface area contributed by atoms with Crippen LogP contribution in [0.15, 0.2) is 30.3 Å². The molecule has 7 nitrogen and oxygen atoms in total. The first-order valence-electron chi connectivity index (χ1n) is 9.03. The van der Waals surface area contributed by atoms with Crippen molar-refractivity contribution in [2.24, 2.45) is 0 Å². The van der Waals surface area contributed by atoms with Gasteiger partial charge in [-0.3, -0.25) is 14.9 Å². The quantitative estimate of drug-likeness (QED) is 0.553. The van der Waals surface area contributed by atoms with E-state index in [0.29, 0.717) is 0 Å². The van der Waals surface area contributed by atoms with Gasteiger partial charge in [0.1, 0.15) is 17.7 Å². The third-order valence-electron chi connectivity index (χ3n) is 5.12. The van der Waals surface area contributed by atoms with Gasteiger partial charge in [0, 0.05) is 18.6 Å². The molecule has 4 rings (SSSR count). The fraction of sp³-hybridized carbons (Fsp3) is 0.316. The summed E-state index contributed by atoms with van der Waals surface area (Å²) in [6.07, 6.45) is 4.37. The first-order chi connectivity index (χ1) is 13.0. The van der Waals surface area contributed by atoms with Crippen molar-refractivity contribution in [1.29, 1.82) is 0 Å². The Balaban J connectivity index is 1.51.